The van der Waals surface area contributed by atoms with Crippen molar-refractivity contribution in [2.75, 3.05) is 0 Å². The molecule has 4 rings (SSSR count). The van der Waals surface area contributed by atoms with Gasteiger partial charge in [-0.2, -0.15) is 0 Å². The zero-order valence-electron chi connectivity index (χ0n) is 13.2. The molecule has 0 heterocycles. The van der Waals surface area contributed by atoms with Crippen LogP contribution in [0.4, 0.5) is 5.69 Å². The van der Waals surface area contributed by atoms with Crippen LogP contribution in [0.2, 0.25) is 0 Å². The first-order valence-electron chi connectivity index (χ1n) is 7.88. The minimum atomic E-state index is -0.503. The summed E-state index contributed by atoms with van der Waals surface area (Å²) < 4.78 is 0. The Morgan fingerprint density at radius 2 is 1.48 bits per heavy atom. The quantitative estimate of drug-likeness (QED) is 0.580. The van der Waals surface area contributed by atoms with Crippen LogP contribution < -0.4 is 5.32 Å². The van der Waals surface area contributed by atoms with E-state index in [0.717, 1.165) is 22.3 Å². The predicted octanol–water partition coefficient (Wildman–Crippen LogP) is 4.09. The molecule has 0 aliphatic heterocycles. The van der Waals surface area contributed by atoms with Crippen molar-refractivity contribution in [1.82, 2.24) is 5.32 Å². The fourth-order valence-electron chi connectivity index (χ4n) is 3.29. The third kappa shape index (κ3) is 2.55. The van der Waals surface area contributed by atoms with Crippen molar-refractivity contribution in [2.45, 2.75) is 6.04 Å². The normalized spacial score (nSPS) is 12.3. The summed E-state index contributed by atoms with van der Waals surface area (Å²) in [5.74, 6) is -0.333. The molecule has 1 amide bonds. The second kappa shape index (κ2) is 5.87. The van der Waals surface area contributed by atoms with E-state index in [1.54, 1.807) is 6.07 Å². The molecule has 1 aliphatic rings. The Balaban J connectivity index is 1.70. The molecule has 1 aliphatic carbocycles. The fourth-order valence-corrected chi connectivity index (χ4v) is 3.29. The maximum absolute atomic E-state index is 12.7. The molecule has 3 aromatic rings. The number of carbonyl (C=O) groups excluding carboxylic acids is 1. The van der Waals surface area contributed by atoms with Crippen molar-refractivity contribution >= 4 is 11.6 Å². The monoisotopic (exact) mass is 330 g/mol. The number of hydrogen-bond acceptors (Lipinski definition) is 3. The lowest BCUT2D eigenvalue weighted by Gasteiger charge is -2.16. The molecule has 122 valence electrons. The third-order valence-corrected chi connectivity index (χ3v) is 4.43. The molecule has 0 saturated heterocycles. The van der Waals surface area contributed by atoms with Gasteiger partial charge in [-0.3, -0.25) is 14.9 Å². The fraction of sp³-hybridized carbons (Fsp3) is 0.0500. The van der Waals surface area contributed by atoms with E-state index in [4.69, 9.17) is 0 Å². The van der Waals surface area contributed by atoms with Gasteiger partial charge in [0.2, 0.25) is 0 Å². The smallest absolute Gasteiger partial charge is 0.270 e. The number of benzene rings is 3. The van der Waals surface area contributed by atoms with Gasteiger partial charge in [0.15, 0.2) is 0 Å². The molecule has 25 heavy (non-hydrogen) atoms. The van der Waals surface area contributed by atoms with Gasteiger partial charge in [-0.15, -0.1) is 0 Å². The summed E-state index contributed by atoms with van der Waals surface area (Å²) in [6.07, 6.45) is 0. The maximum atomic E-state index is 12.7. The van der Waals surface area contributed by atoms with Crippen LogP contribution in [0.25, 0.3) is 11.1 Å². The van der Waals surface area contributed by atoms with Crippen LogP contribution in [0.5, 0.6) is 0 Å². The Hall–Kier alpha value is -3.47. The summed E-state index contributed by atoms with van der Waals surface area (Å²) in [5.41, 5.74) is 4.44. The number of nitrogens with one attached hydrogen (secondary N) is 1. The lowest BCUT2D eigenvalue weighted by molar-refractivity contribution is -0.384. The van der Waals surface area contributed by atoms with Gasteiger partial charge in [0.05, 0.1) is 11.0 Å². The molecule has 0 aromatic heterocycles. The predicted molar refractivity (Wildman–Crippen MR) is 94.3 cm³/mol. The molecule has 0 spiro atoms. The molecular formula is C20H14N2O3. The molecule has 3 aromatic carbocycles. The summed E-state index contributed by atoms with van der Waals surface area (Å²) in [4.78, 5) is 23.1. The van der Waals surface area contributed by atoms with E-state index < -0.39 is 4.92 Å². The first-order valence-corrected chi connectivity index (χ1v) is 7.88. The maximum Gasteiger partial charge on any atom is 0.270 e. The first kappa shape index (κ1) is 15.1. The number of nitro groups is 1. The van der Waals surface area contributed by atoms with Gasteiger partial charge >= 0.3 is 0 Å². The van der Waals surface area contributed by atoms with E-state index in [1.165, 1.54) is 18.2 Å². The zero-order chi connectivity index (χ0) is 17.4. The average Bonchev–Trinajstić information content (AvgIpc) is 2.96. The van der Waals surface area contributed by atoms with E-state index in [1.807, 2.05) is 48.5 Å². The molecule has 0 fully saturated rings. The molecule has 5 heteroatoms. The molecule has 1 N–H and O–H groups in total. The van der Waals surface area contributed by atoms with Gasteiger partial charge in [0.1, 0.15) is 0 Å². The van der Waals surface area contributed by atoms with Crippen molar-refractivity contribution in [1.29, 1.82) is 0 Å². The van der Waals surface area contributed by atoms with Crippen LogP contribution in [-0.2, 0) is 0 Å². The largest absolute Gasteiger partial charge is 0.341 e. The second-order valence-electron chi connectivity index (χ2n) is 5.89. The zero-order valence-corrected chi connectivity index (χ0v) is 13.2. The Labute approximate surface area is 144 Å². The van der Waals surface area contributed by atoms with Gasteiger partial charge in [0.25, 0.3) is 11.6 Å². The number of amides is 1. The average molecular weight is 330 g/mol. The lowest BCUT2D eigenvalue weighted by atomic mass is 10.0. The van der Waals surface area contributed by atoms with E-state index in [2.05, 4.69) is 5.32 Å². The number of carbonyl (C=O) groups is 1. The Bertz CT molecular complexity index is 952. The van der Waals surface area contributed by atoms with E-state index >= 15 is 0 Å². The molecular weight excluding hydrogens is 316 g/mol. The molecule has 0 radical (unpaired) electrons. The SMILES string of the molecule is O=C(NC1c2ccccc2-c2ccccc21)c1cccc([N+](=O)[O-])c1. The third-order valence-electron chi connectivity index (χ3n) is 4.43. The minimum absolute atomic E-state index is 0.0973. The van der Waals surface area contributed by atoms with Crippen LogP contribution >= 0.6 is 0 Å². The molecule has 0 unspecified atom stereocenters. The van der Waals surface area contributed by atoms with E-state index in [9.17, 15) is 14.9 Å². The van der Waals surface area contributed by atoms with Gasteiger partial charge in [-0.05, 0) is 28.3 Å². The number of rotatable bonds is 3. The summed E-state index contributed by atoms with van der Waals surface area (Å²) in [5, 5.41) is 13.9. The van der Waals surface area contributed by atoms with Gasteiger partial charge in [-0.25, -0.2) is 0 Å². The van der Waals surface area contributed by atoms with Crippen molar-refractivity contribution in [3.63, 3.8) is 0 Å². The van der Waals surface area contributed by atoms with Crippen molar-refractivity contribution in [2.24, 2.45) is 0 Å². The van der Waals surface area contributed by atoms with Gasteiger partial charge in [0, 0.05) is 17.7 Å². The second-order valence-corrected chi connectivity index (χ2v) is 5.89. The van der Waals surface area contributed by atoms with Gasteiger partial charge in [-0.1, -0.05) is 54.6 Å². The Morgan fingerprint density at radius 1 is 0.880 bits per heavy atom. The molecule has 0 atom stereocenters. The van der Waals surface area contributed by atoms with Gasteiger partial charge < -0.3 is 5.32 Å². The molecule has 5 nitrogen and oxygen atoms in total. The number of hydrogen-bond donors (Lipinski definition) is 1. The summed E-state index contributed by atoms with van der Waals surface area (Å²) >= 11 is 0. The number of fused-ring (bicyclic) bond motifs is 3. The minimum Gasteiger partial charge on any atom is -0.341 e. The lowest BCUT2D eigenvalue weighted by Crippen LogP contribution is -2.28. The van der Waals surface area contributed by atoms with Crippen molar-refractivity contribution in [3.8, 4) is 11.1 Å². The number of nitrogens with zero attached hydrogens (tertiary/aromatic N) is 1. The molecule has 0 bridgehead atoms. The number of nitro benzene ring substituents is 1. The molecule has 0 saturated carbocycles. The van der Waals surface area contributed by atoms with Crippen molar-refractivity contribution < 1.29 is 9.72 Å². The van der Waals surface area contributed by atoms with Crippen LogP contribution in [0, 0.1) is 10.1 Å². The first-order chi connectivity index (χ1) is 12.1. The topological polar surface area (TPSA) is 72.2 Å². The highest BCUT2D eigenvalue weighted by atomic mass is 16.6. The van der Waals surface area contributed by atoms with Crippen LogP contribution in [0.3, 0.4) is 0 Å². The van der Waals surface area contributed by atoms with Crippen LogP contribution in [-0.4, -0.2) is 10.8 Å². The Morgan fingerprint density at radius 3 is 2.08 bits per heavy atom. The highest BCUT2D eigenvalue weighted by Crippen LogP contribution is 2.43. The Kier molecular flexibility index (Phi) is 3.54. The summed E-state index contributed by atoms with van der Waals surface area (Å²) in [7, 11) is 0. The van der Waals surface area contributed by atoms with Crippen LogP contribution in [0.1, 0.15) is 27.5 Å². The highest BCUT2D eigenvalue weighted by Gasteiger charge is 2.29. The summed E-state index contributed by atoms with van der Waals surface area (Å²) in [6.45, 7) is 0. The highest BCUT2D eigenvalue weighted by molar-refractivity contribution is 5.96. The van der Waals surface area contributed by atoms with E-state index in [0.29, 0.717) is 0 Å². The summed E-state index contributed by atoms with van der Waals surface area (Å²) in [6, 6.07) is 21.4. The standard InChI is InChI=1S/C20H14N2O3/c23-20(13-6-5-7-14(12-13)22(24)25)21-19-17-10-3-1-8-15(17)16-9-2-4-11-18(16)19/h1-12,19H,(H,21,23). The van der Waals surface area contributed by atoms with Crippen LogP contribution in [0.15, 0.2) is 72.8 Å². The van der Waals surface area contributed by atoms with Crippen molar-refractivity contribution in [3.05, 3.63) is 99.6 Å². The number of non-ortho nitro benzene ring substituents is 1. The van der Waals surface area contributed by atoms with E-state index in [-0.39, 0.29) is 23.2 Å².